The second kappa shape index (κ2) is 11.2. The van der Waals surface area contributed by atoms with Crippen LogP contribution in [0.3, 0.4) is 0 Å². The number of nitrogen functional groups attached to an aromatic ring is 1. The van der Waals surface area contributed by atoms with Crippen molar-refractivity contribution in [2.24, 2.45) is 0 Å². The number of pyridine rings is 1. The number of rotatable bonds is 7. The van der Waals surface area contributed by atoms with Crippen LogP contribution in [0.4, 0.5) is 22.9 Å². The summed E-state index contributed by atoms with van der Waals surface area (Å²) in [6.07, 6.45) is 1.50. The van der Waals surface area contributed by atoms with E-state index in [2.05, 4.69) is 50.4 Å². The van der Waals surface area contributed by atoms with Crippen LogP contribution in [-0.4, -0.2) is 20.9 Å². The van der Waals surface area contributed by atoms with Crippen molar-refractivity contribution in [2.45, 2.75) is 29.6 Å². The molecule has 0 aliphatic heterocycles. The highest BCUT2D eigenvalue weighted by molar-refractivity contribution is 9.10. The molecule has 5 rings (SSSR count). The maximum Gasteiger partial charge on any atom is 0.255 e. The summed E-state index contributed by atoms with van der Waals surface area (Å²) in [5.74, 6) is 0.673. The average molecular weight is 586 g/mol. The molecule has 0 saturated heterocycles. The molecule has 0 bridgehead atoms. The standard InChI is InChI=1S/C29H25BrN6OS/c1-17(2)24-11-10-23-27(35-24)32-16-33-28(23)36-25-13-18(29(37)34-21-7-3-5-19(30)14-21)9-12-26(25)38-22-8-4-6-20(31)15-22/h3-17H,31H2,1-2H3,(H,34,37)(H,32,33,35,36). The molecular formula is C29H25BrN6OS. The van der Waals surface area contributed by atoms with Gasteiger partial charge in [-0.25, -0.2) is 15.0 Å². The van der Waals surface area contributed by atoms with Gasteiger partial charge in [0.2, 0.25) is 0 Å². The number of nitrogens with zero attached hydrogens (tertiary/aromatic N) is 3. The molecule has 38 heavy (non-hydrogen) atoms. The first kappa shape index (κ1) is 25.7. The Kier molecular flexibility index (Phi) is 7.57. The van der Waals surface area contributed by atoms with Gasteiger partial charge in [-0.1, -0.05) is 53.7 Å². The Morgan fingerprint density at radius 1 is 0.974 bits per heavy atom. The number of hydrogen-bond acceptors (Lipinski definition) is 7. The molecule has 0 unspecified atom stereocenters. The normalized spacial score (nSPS) is 11.1. The first-order valence-corrected chi connectivity index (χ1v) is 13.6. The molecule has 0 saturated carbocycles. The van der Waals surface area contributed by atoms with Gasteiger partial charge in [0.1, 0.15) is 12.1 Å². The van der Waals surface area contributed by atoms with Crippen LogP contribution in [0.5, 0.6) is 0 Å². The minimum atomic E-state index is -0.220. The van der Waals surface area contributed by atoms with E-state index in [4.69, 9.17) is 10.7 Å². The monoisotopic (exact) mass is 584 g/mol. The topological polar surface area (TPSA) is 106 Å². The van der Waals surface area contributed by atoms with Gasteiger partial charge in [0.05, 0.1) is 11.1 Å². The minimum Gasteiger partial charge on any atom is -0.399 e. The van der Waals surface area contributed by atoms with Crippen LogP contribution in [0.1, 0.15) is 35.8 Å². The van der Waals surface area contributed by atoms with Crippen molar-refractivity contribution in [2.75, 3.05) is 16.4 Å². The Labute approximate surface area is 233 Å². The summed E-state index contributed by atoms with van der Waals surface area (Å²) < 4.78 is 0.886. The zero-order chi connectivity index (χ0) is 26.6. The zero-order valence-electron chi connectivity index (χ0n) is 20.8. The van der Waals surface area contributed by atoms with Crippen molar-refractivity contribution in [3.8, 4) is 0 Å². The number of aromatic nitrogens is 3. The zero-order valence-corrected chi connectivity index (χ0v) is 23.2. The molecule has 2 aromatic heterocycles. The SMILES string of the molecule is CC(C)c1ccc2c(Nc3cc(C(=O)Nc4cccc(Br)c4)ccc3Sc3cccc(N)c3)ncnc2n1. The van der Waals surface area contributed by atoms with Gasteiger partial charge in [0.15, 0.2) is 5.65 Å². The Hall–Kier alpha value is -3.95. The van der Waals surface area contributed by atoms with E-state index < -0.39 is 0 Å². The van der Waals surface area contributed by atoms with E-state index in [-0.39, 0.29) is 11.8 Å². The van der Waals surface area contributed by atoms with Crippen molar-refractivity contribution in [1.29, 1.82) is 0 Å². The molecule has 5 aromatic rings. The predicted octanol–water partition coefficient (Wildman–Crippen LogP) is 7.64. The van der Waals surface area contributed by atoms with Gasteiger partial charge in [-0.05, 0) is 72.6 Å². The summed E-state index contributed by atoms with van der Waals surface area (Å²) in [7, 11) is 0. The smallest absolute Gasteiger partial charge is 0.255 e. The molecule has 0 radical (unpaired) electrons. The molecule has 0 spiro atoms. The largest absolute Gasteiger partial charge is 0.399 e. The Bertz CT molecular complexity index is 1640. The van der Waals surface area contributed by atoms with Crippen LogP contribution in [0, 0.1) is 0 Å². The molecule has 0 aliphatic rings. The lowest BCUT2D eigenvalue weighted by Crippen LogP contribution is -2.12. The fourth-order valence-corrected chi connectivity index (χ4v) is 5.19. The fraction of sp³-hybridized carbons (Fsp3) is 0.103. The van der Waals surface area contributed by atoms with Crippen LogP contribution < -0.4 is 16.4 Å². The van der Waals surface area contributed by atoms with Crippen molar-refractivity contribution in [1.82, 2.24) is 15.0 Å². The Balaban J connectivity index is 1.52. The molecule has 1 amide bonds. The van der Waals surface area contributed by atoms with Crippen LogP contribution in [0.15, 0.2) is 99.5 Å². The molecule has 0 fully saturated rings. The first-order valence-electron chi connectivity index (χ1n) is 12.0. The summed E-state index contributed by atoms with van der Waals surface area (Å²) in [6, 6.07) is 24.7. The molecule has 2 heterocycles. The quantitative estimate of drug-likeness (QED) is 0.169. The number of nitrogens with two attached hydrogens (primary N) is 1. The fourth-order valence-electron chi connectivity index (χ4n) is 3.84. The van der Waals surface area contributed by atoms with Crippen molar-refractivity contribution in [3.05, 3.63) is 101 Å². The number of halogens is 1. The molecule has 7 nitrogen and oxygen atoms in total. The van der Waals surface area contributed by atoms with Gasteiger partial charge in [-0.3, -0.25) is 4.79 Å². The Morgan fingerprint density at radius 2 is 1.82 bits per heavy atom. The van der Waals surface area contributed by atoms with E-state index in [1.807, 2.05) is 78.9 Å². The van der Waals surface area contributed by atoms with Crippen molar-refractivity contribution in [3.63, 3.8) is 0 Å². The second-order valence-electron chi connectivity index (χ2n) is 8.96. The van der Waals surface area contributed by atoms with Crippen LogP contribution in [0.25, 0.3) is 11.0 Å². The Morgan fingerprint density at radius 3 is 2.61 bits per heavy atom. The van der Waals surface area contributed by atoms with Gasteiger partial charge < -0.3 is 16.4 Å². The van der Waals surface area contributed by atoms with E-state index in [0.29, 0.717) is 28.4 Å². The molecule has 0 aliphatic carbocycles. The lowest BCUT2D eigenvalue weighted by atomic mass is 10.1. The number of fused-ring (bicyclic) bond motifs is 1. The minimum absolute atomic E-state index is 0.220. The summed E-state index contributed by atoms with van der Waals surface area (Å²) in [5, 5.41) is 7.19. The number of hydrogen-bond donors (Lipinski definition) is 3. The number of benzene rings is 3. The molecule has 9 heteroatoms. The van der Waals surface area contributed by atoms with E-state index in [1.54, 1.807) is 11.8 Å². The van der Waals surface area contributed by atoms with Gasteiger partial charge in [0.25, 0.3) is 5.91 Å². The highest BCUT2D eigenvalue weighted by Gasteiger charge is 2.15. The third kappa shape index (κ3) is 5.95. The maximum absolute atomic E-state index is 13.1. The van der Waals surface area contributed by atoms with E-state index in [0.717, 1.165) is 31.0 Å². The van der Waals surface area contributed by atoms with Crippen LogP contribution in [0.2, 0.25) is 0 Å². The van der Waals surface area contributed by atoms with E-state index >= 15 is 0 Å². The summed E-state index contributed by atoms with van der Waals surface area (Å²) in [4.78, 5) is 28.6. The lowest BCUT2D eigenvalue weighted by molar-refractivity contribution is 0.102. The molecule has 190 valence electrons. The van der Waals surface area contributed by atoms with Crippen LogP contribution in [-0.2, 0) is 0 Å². The molecule has 4 N–H and O–H groups in total. The predicted molar refractivity (Wildman–Crippen MR) is 158 cm³/mol. The highest BCUT2D eigenvalue weighted by atomic mass is 79.9. The van der Waals surface area contributed by atoms with E-state index in [9.17, 15) is 4.79 Å². The first-order chi connectivity index (χ1) is 18.4. The maximum atomic E-state index is 13.1. The van der Waals surface area contributed by atoms with Gasteiger partial charge in [-0.2, -0.15) is 0 Å². The third-order valence-electron chi connectivity index (χ3n) is 5.77. The number of carbonyl (C=O) groups is 1. The average Bonchev–Trinajstić information content (AvgIpc) is 2.89. The number of anilines is 4. The highest BCUT2D eigenvalue weighted by Crippen LogP contribution is 2.37. The molecular weight excluding hydrogens is 560 g/mol. The van der Waals surface area contributed by atoms with Crippen molar-refractivity contribution >= 4 is 67.5 Å². The van der Waals surface area contributed by atoms with Gasteiger partial charge in [-0.15, -0.1) is 0 Å². The third-order valence-corrected chi connectivity index (χ3v) is 7.33. The summed E-state index contributed by atoms with van der Waals surface area (Å²) in [5.41, 5.74) is 10.2. The summed E-state index contributed by atoms with van der Waals surface area (Å²) in [6.45, 7) is 4.19. The molecule has 0 atom stereocenters. The summed E-state index contributed by atoms with van der Waals surface area (Å²) >= 11 is 4.99. The number of nitrogens with one attached hydrogen (secondary N) is 2. The van der Waals surface area contributed by atoms with Crippen molar-refractivity contribution < 1.29 is 4.79 Å². The number of amides is 1. The second-order valence-corrected chi connectivity index (χ2v) is 11.0. The lowest BCUT2D eigenvalue weighted by Gasteiger charge is -2.15. The van der Waals surface area contributed by atoms with Crippen LogP contribution >= 0.6 is 27.7 Å². The number of carbonyl (C=O) groups excluding carboxylic acids is 1. The van der Waals surface area contributed by atoms with Gasteiger partial charge >= 0.3 is 0 Å². The molecule has 3 aromatic carbocycles. The van der Waals surface area contributed by atoms with E-state index in [1.165, 1.54) is 6.33 Å². The van der Waals surface area contributed by atoms with Gasteiger partial charge in [0, 0.05) is 36.9 Å².